The minimum Gasteiger partial charge on any atom is -0.334 e. The fourth-order valence-corrected chi connectivity index (χ4v) is 8.24. The van der Waals surface area contributed by atoms with Crippen LogP contribution in [0.1, 0.15) is 81.6 Å². The first-order valence-corrected chi connectivity index (χ1v) is 20.8. The Morgan fingerprint density at radius 2 is 0.432 bits per heavy atom. The second-order valence-electron chi connectivity index (χ2n) is 16.8. The molecule has 0 spiro atoms. The van der Waals surface area contributed by atoms with Crippen LogP contribution >= 0.6 is 0 Å². The van der Waals surface area contributed by atoms with E-state index in [2.05, 4.69) is 79.8 Å². The van der Waals surface area contributed by atoms with Gasteiger partial charge in [-0.2, -0.15) is 127 Å². The summed E-state index contributed by atoms with van der Waals surface area (Å²) < 4.78 is 341. The topological polar surface area (TPSA) is 16.6 Å². The van der Waals surface area contributed by atoms with Crippen molar-refractivity contribution in [3.05, 3.63) is 189 Å². The third-order valence-corrected chi connectivity index (χ3v) is 11.7. The van der Waals surface area contributed by atoms with Gasteiger partial charge in [-0.1, -0.05) is 109 Å². The normalized spacial score (nSPS) is 14.3. The van der Waals surface area contributed by atoms with Crippen molar-refractivity contribution in [1.29, 1.82) is 0 Å². The lowest BCUT2D eigenvalue weighted by Crippen LogP contribution is -2.85. The van der Waals surface area contributed by atoms with Crippen LogP contribution < -0.4 is 27.2 Å². The zero-order valence-corrected chi connectivity index (χ0v) is 37.1. The SMILES string of the molecule is C[C@H]([NH2+][C@@H](C)c1ccccc1)c1ccccc1.FC(F)(F)c1cc([B-](c2cc(C(F)(F)F)cc(C(F)(F)F)c2)(c2cc(C(F)(F)F)cc(C(F)(F)F)c2)c2cc(C(F)(F)F)cc(C(F)(F)F)c2)cc(C(F)(F)F)c1. The third-order valence-electron chi connectivity index (χ3n) is 11.7. The second kappa shape index (κ2) is 20.4. The molecule has 0 unspecified atom stereocenters. The lowest BCUT2D eigenvalue weighted by atomic mass is 9.12. The summed E-state index contributed by atoms with van der Waals surface area (Å²) >= 11 is 0. The van der Waals surface area contributed by atoms with Gasteiger partial charge in [0.1, 0.15) is 18.2 Å². The molecule has 2 N–H and O–H groups in total. The van der Waals surface area contributed by atoms with Gasteiger partial charge in [0, 0.05) is 11.1 Å². The molecule has 0 saturated carbocycles. The Balaban J connectivity index is 0.000000500. The quantitative estimate of drug-likeness (QED) is 0.116. The van der Waals surface area contributed by atoms with Crippen molar-refractivity contribution in [2.75, 3.05) is 0 Å². The van der Waals surface area contributed by atoms with E-state index in [4.69, 9.17) is 0 Å². The minimum absolute atomic E-state index is 0.492. The summed E-state index contributed by atoms with van der Waals surface area (Å²) in [5, 5.41) is 2.41. The molecule has 1 nitrogen and oxygen atoms in total. The molecule has 0 bridgehead atoms. The summed E-state index contributed by atoms with van der Waals surface area (Å²) in [6.45, 7) is 4.52. The molecule has 0 aromatic heterocycles. The summed E-state index contributed by atoms with van der Waals surface area (Å²) in [7, 11) is 0. The molecule has 0 radical (unpaired) electrons. The van der Waals surface area contributed by atoms with Crippen molar-refractivity contribution in [2.24, 2.45) is 0 Å². The Labute approximate surface area is 402 Å². The van der Waals surface area contributed by atoms with E-state index < -0.39 is 195 Å². The van der Waals surface area contributed by atoms with Gasteiger partial charge in [-0.05, 0) is 38.1 Å². The average molecular weight is 1090 g/mol. The van der Waals surface area contributed by atoms with E-state index >= 15 is 0 Å². The minimum atomic E-state index is -6.13. The monoisotopic (exact) mass is 1090 g/mol. The van der Waals surface area contributed by atoms with E-state index in [1.54, 1.807) is 0 Å². The molecule has 26 heteroatoms. The fraction of sp³-hybridized carbons (Fsp3) is 0.250. The molecule has 6 aromatic rings. The molecule has 0 heterocycles. The standard InChI is InChI=1S/C32H12BF24.C16H19N/c34-25(35,36)13-1-14(26(37,38)39)6-21(5-13)33(22-7-15(27(40,41)42)2-16(8-22)28(43,44)45,23-9-17(29(46,47)48)3-18(10-23)30(49,50)51)24-11-19(31(52,53)54)4-20(12-24)32(55,56)57;1-13(15-9-5-3-6-10-15)17-14(2)16-11-7-4-8-12-16/h1-12H;3-14,17H,1-2H3/q-1;/p+1/t;13-,14-/m.0/s1. The number of benzene rings is 6. The Morgan fingerprint density at radius 3 is 0.581 bits per heavy atom. The van der Waals surface area contributed by atoms with Crippen LogP contribution in [0.15, 0.2) is 133 Å². The van der Waals surface area contributed by atoms with Crippen LogP contribution in [-0.2, 0) is 49.4 Å². The summed E-state index contributed by atoms with van der Waals surface area (Å²) in [6.07, 6.45) is -54.8. The lowest BCUT2D eigenvalue weighted by Gasteiger charge is -2.46. The van der Waals surface area contributed by atoms with Crippen molar-refractivity contribution < 1.29 is 111 Å². The predicted molar refractivity (Wildman–Crippen MR) is 222 cm³/mol. The summed E-state index contributed by atoms with van der Waals surface area (Å²) in [5.41, 5.74) is -27.4. The first kappa shape index (κ1) is 58.6. The lowest BCUT2D eigenvalue weighted by molar-refractivity contribution is -0.728. The van der Waals surface area contributed by atoms with Crippen molar-refractivity contribution in [2.45, 2.75) is 75.3 Å². The first-order valence-electron chi connectivity index (χ1n) is 20.8. The molecule has 6 rings (SSSR count). The van der Waals surface area contributed by atoms with Crippen LogP contribution in [0, 0.1) is 0 Å². The van der Waals surface area contributed by atoms with E-state index in [-0.39, 0.29) is 0 Å². The molecule has 400 valence electrons. The fourth-order valence-electron chi connectivity index (χ4n) is 8.24. The number of hydrogen-bond donors (Lipinski definition) is 1. The zero-order valence-electron chi connectivity index (χ0n) is 37.1. The molecular formula is C48H32BF24N. The molecule has 0 aliphatic heterocycles. The zero-order chi connectivity index (χ0) is 56.0. The number of quaternary nitrogens is 1. The van der Waals surface area contributed by atoms with E-state index in [1.165, 1.54) is 11.1 Å². The van der Waals surface area contributed by atoms with Crippen molar-refractivity contribution in [3.63, 3.8) is 0 Å². The van der Waals surface area contributed by atoms with Crippen LogP contribution in [0.25, 0.3) is 0 Å². The average Bonchev–Trinajstić information content (AvgIpc) is 3.27. The van der Waals surface area contributed by atoms with Gasteiger partial charge < -0.3 is 5.32 Å². The molecule has 0 aliphatic rings. The van der Waals surface area contributed by atoms with Crippen molar-refractivity contribution in [3.8, 4) is 0 Å². The highest BCUT2D eigenvalue weighted by atomic mass is 19.4. The Morgan fingerprint density at radius 1 is 0.270 bits per heavy atom. The molecule has 6 aromatic carbocycles. The van der Waals surface area contributed by atoms with Gasteiger partial charge in [-0.25, -0.2) is 0 Å². The maximum Gasteiger partial charge on any atom is 0.416 e. The first-order chi connectivity index (χ1) is 33.5. The highest BCUT2D eigenvalue weighted by Gasteiger charge is 2.47. The molecule has 0 aliphatic carbocycles. The van der Waals surface area contributed by atoms with Crippen LogP contribution in [0.3, 0.4) is 0 Å². The van der Waals surface area contributed by atoms with E-state index in [0.717, 1.165) is 0 Å². The number of halogens is 24. The van der Waals surface area contributed by atoms with Crippen LogP contribution in [0.5, 0.6) is 0 Å². The number of rotatable bonds is 8. The maximum atomic E-state index is 14.2. The van der Waals surface area contributed by atoms with Crippen molar-refractivity contribution in [1.82, 2.24) is 0 Å². The summed E-state index contributed by atoms with van der Waals surface area (Å²) in [5.74, 6) is 0. The number of nitrogens with two attached hydrogens (primary N) is 1. The summed E-state index contributed by atoms with van der Waals surface area (Å²) in [4.78, 5) is 0. The summed E-state index contributed by atoms with van der Waals surface area (Å²) in [6, 6.07) is 13.5. The third kappa shape index (κ3) is 13.7. The molecule has 2 atom stereocenters. The van der Waals surface area contributed by atoms with Crippen molar-refractivity contribution >= 4 is 28.0 Å². The smallest absolute Gasteiger partial charge is 0.334 e. The number of alkyl halides is 24. The van der Waals surface area contributed by atoms with Crippen LogP contribution in [0.4, 0.5) is 105 Å². The second-order valence-corrected chi connectivity index (χ2v) is 16.8. The number of hydrogen-bond acceptors (Lipinski definition) is 0. The highest BCUT2D eigenvalue weighted by Crippen LogP contribution is 2.41. The Bertz CT molecular complexity index is 2410. The van der Waals surface area contributed by atoms with Gasteiger partial charge in [0.25, 0.3) is 0 Å². The highest BCUT2D eigenvalue weighted by molar-refractivity contribution is 7.20. The largest absolute Gasteiger partial charge is 0.416 e. The molecule has 0 fully saturated rings. The molecule has 0 saturated heterocycles. The van der Waals surface area contributed by atoms with Gasteiger partial charge in [-0.15, -0.1) is 0 Å². The molecule has 74 heavy (non-hydrogen) atoms. The van der Waals surface area contributed by atoms with E-state index in [0.29, 0.717) is 12.1 Å². The van der Waals surface area contributed by atoms with Gasteiger partial charge in [0.15, 0.2) is 0 Å². The van der Waals surface area contributed by atoms with Gasteiger partial charge in [0.05, 0.1) is 44.5 Å². The maximum absolute atomic E-state index is 14.2. The van der Waals surface area contributed by atoms with Crippen LogP contribution in [0.2, 0.25) is 0 Å². The Hall–Kier alpha value is -6.34. The van der Waals surface area contributed by atoms with E-state index in [1.807, 2.05) is 0 Å². The van der Waals surface area contributed by atoms with Gasteiger partial charge >= 0.3 is 49.4 Å². The van der Waals surface area contributed by atoms with Gasteiger partial charge in [-0.3, -0.25) is 0 Å². The Kier molecular flexibility index (Phi) is 16.2. The van der Waals surface area contributed by atoms with E-state index in [9.17, 15) is 105 Å². The molecular weight excluding hydrogens is 1060 g/mol. The predicted octanol–water partition coefficient (Wildman–Crippen LogP) is 14.3. The van der Waals surface area contributed by atoms with Gasteiger partial charge in [0.2, 0.25) is 0 Å². The van der Waals surface area contributed by atoms with Crippen LogP contribution in [-0.4, -0.2) is 6.15 Å². The molecule has 0 amide bonds.